The van der Waals surface area contributed by atoms with Crippen LogP contribution in [0.2, 0.25) is 0 Å². The number of rotatable bonds is 8. The summed E-state index contributed by atoms with van der Waals surface area (Å²) in [5, 5.41) is 8.85. The highest BCUT2D eigenvalue weighted by atomic mass is 32.1. The molecule has 3 N–H and O–H groups in total. The van der Waals surface area contributed by atoms with Crippen molar-refractivity contribution in [2.75, 3.05) is 23.8 Å². The van der Waals surface area contributed by atoms with Crippen molar-refractivity contribution in [3.63, 3.8) is 0 Å². The summed E-state index contributed by atoms with van der Waals surface area (Å²) in [4.78, 5) is 43.3. The fourth-order valence-electron chi connectivity index (χ4n) is 3.82. The molecule has 0 saturated heterocycles. The van der Waals surface area contributed by atoms with Gasteiger partial charge in [0.15, 0.2) is 0 Å². The minimum absolute atomic E-state index is 0.188. The molecular weight excluding hydrogens is 452 g/mol. The second kappa shape index (κ2) is 10.9. The number of benzene rings is 1. The summed E-state index contributed by atoms with van der Waals surface area (Å²) in [6.07, 6.45) is 6.76. The van der Waals surface area contributed by atoms with Crippen LogP contribution in [0.5, 0.6) is 5.75 Å². The molecule has 176 valence electrons. The number of aryl methyl sites for hydroxylation is 1. The molecule has 2 heterocycles. The van der Waals surface area contributed by atoms with Crippen molar-refractivity contribution in [2.45, 2.75) is 32.6 Å². The maximum absolute atomic E-state index is 13.1. The second-order valence-corrected chi connectivity index (χ2v) is 8.90. The number of pyridine rings is 1. The first-order chi connectivity index (χ1) is 16.5. The first-order valence-electron chi connectivity index (χ1n) is 11.2. The zero-order valence-electron chi connectivity index (χ0n) is 18.8. The zero-order chi connectivity index (χ0) is 23.9. The number of hydrogen-bond donors (Lipinski definition) is 3. The third-order valence-corrected chi connectivity index (χ3v) is 6.61. The van der Waals surface area contributed by atoms with Gasteiger partial charge in [0.05, 0.1) is 24.3 Å². The van der Waals surface area contributed by atoms with Gasteiger partial charge in [-0.3, -0.25) is 19.4 Å². The second-order valence-electron chi connectivity index (χ2n) is 7.80. The van der Waals surface area contributed by atoms with E-state index in [2.05, 4.69) is 20.9 Å². The number of fused-ring (bicyclic) bond motifs is 1. The van der Waals surface area contributed by atoms with Gasteiger partial charge in [-0.25, -0.2) is 0 Å². The first kappa shape index (κ1) is 23.4. The molecule has 4 rings (SSSR count). The average Bonchev–Trinajstić information content (AvgIpc) is 3.22. The van der Waals surface area contributed by atoms with E-state index in [-0.39, 0.29) is 24.3 Å². The lowest BCUT2D eigenvalue weighted by Gasteiger charge is -2.13. The van der Waals surface area contributed by atoms with Crippen molar-refractivity contribution in [1.29, 1.82) is 0 Å². The Morgan fingerprint density at radius 1 is 1.03 bits per heavy atom. The fourth-order valence-corrected chi connectivity index (χ4v) is 5.10. The van der Waals surface area contributed by atoms with E-state index in [0.29, 0.717) is 28.4 Å². The highest BCUT2D eigenvalue weighted by molar-refractivity contribution is 7.17. The van der Waals surface area contributed by atoms with E-state index in [1.54, 1.807) is 42.6 Å². The van der Waals surface area contributed by atoms with Gasteiger partial charge in [0.2, 0.25) is 5.91 Å². The van der Waals surface area contributed by atoms with Crippen LogP contribution < -0.4 is 20.7 Å². The van der Waals surface area contributed by atoms with Crippen molar-refractivity contribution < 1.29 is 19.1 Å². The van der Waals surface area contributed by atoms with Crippen molar-refractivity contribution in [2.24, 2.45) is 0 Å². The maximum Gasteiger partial charge on any atom is 0.257 e. The summed E-state index contributed by atoms with van der Waals surface area (Å²) >= 11 is 1.43. The number of nitrogens with one attached hydrogen (secondary N) is 3. The molecule has 3 aromatic rings. The summed E-state index contributed by atoms with van der Waals surface area (Å²) < 4.78 is 5.40. The molecule has 0 bridgehead atoms. The molecule has 0 aliphatic heterocycles. The van der Waals surface area contributed by atoms with Crippen LogP contribution >= 0.6 is 11.3 Å². The third kappa shape index (κ3) is 5.60. The van der Waals surface area contributed by atoms with Crippen LogP contribution in [0, 0.1) is 0 Å². The summed E-state index contributed by atoms with van der Waals surface area (Å²) in [5.74, 6) is -0.323. The van der Waals surface area contributed by atoms with Crippen LogP contribution in [-0.2, 0) is 17.6 Å². The van der Waals surface area contributed by atoms with E-state index in [0.717, 1.165) is 41.9 Å². The summed E-state index contributed by atoms with van der Waals surface area (Å²) in [5.41, 5.74) is 2.43. The van der Waals surface area contributed by atoms with Crippen molar-refractivity contribution in [3.8, 4) is 5.75 Å². The molecule has 0 fully saturated rings. The van der Waals surface area contributed by atoms with Crippen LogP contribution in [0.25, 0.3) is 0 Å². The normalized spacial score (nSPS) is 12.4. The van der Waals surface area contributed by atoms with Crippen LogP contribution in [0.1, 0.15) is 50.9 Å². The van der Waals surface area contributed by atoms with E-state index in [9.17, 15) is 14.4 Å². The molecule has 2 aromatic heterocycles. The molecule has 0 radical (unpaired) electrons. The van der Waals surface area contributed by atoms with Gasteiger partial charge < -0.3 is 20.7 Å². The van der Waals surface area contributed by atoms with Gasteiger partial charge in [-0.2, -0.15) is 0 Å². The Morgan fingerprint density at radius 3 is 2.56 bits per heavy atom. The SMILES string of the molecule is CCOc1ccc(NC(=O)CNC(=O)c2c(NC(=O)c3cccnc3)sc3c2CCCC3)cc1. The Balaban J connectivity index is 1.44. The van der Waals surface area contributed by atoms with Crippen LogP contribution in [0.4, 0.5) is 10.7 Å². The Bertz CT molecular complexity index is 1180. The quantitative estimate of drug-likeness (QED) is 0.453. The Hall–Kier alpha value is -3.72. The number of amides is 3. The highest BCUT2D eigenvalue weighted by Crippen LogP contribution is 2.38. The highest BCUT2D eigenvalue weighted by Gasteiger charge is 2.27. The summed E-state index contributed by atoms with van der Waals surface area (Å²) in [6.45, 7) is 2.28. The minimum atomic E-state index is -0.372. The predicted molar refractivity (Wildman–Crippen MR) is 132 cm³/mol. The summed E-state index contributed by atoms with van der Waals surface area (Å²) in [6, 6.07) is 10.4. The van der Waals surface area contributed by atoms with Gasteiger partial charge in [-0.05, 0) is 74.6 Å². The first-order valence-corrected chi connectivity index (χ1v) is 12.0. The molecule has 34 heavy (non-hydrogen) atoms. The zero-order valence-corrected chi connectivity index (χ0v) is 19.7. The van der Waals surface area contributed by atoms with Crippen molar-refractivity contribution in [3.05, 3.63) is 70.4 Å². The molecule has 1 aromatic carbocycles. The molecule has 1 aliphatic rings. The topological polar surface area (TPSA) is 109 Å². The van der Waals surface area contributed by atoms with E-state index < -0.39 is 0 Å². The fraction of sp³-hybridized carbons (Fsp3) is 0.280. The lowest BCUT2D eigenvalue weighted by Crippen LogP contribution is -2.33. The van der Waals surface area contributed by atoms with E-state index in [1.807, 2.05) is 6.92 Å². The molecule has 0 spiro atoms. The van der Waals surface area contributed by atoms with E-state index >= 15 is 0 Å². The van der Waals surface area contributed by atoms with Gasteiger partial charge in [0, 0.05) is 23.0 Å². The lowest BCUT2D eigenvalue weighted by atomic mass is 9.95. The molecule has 3 amide bonds. The van der Waals surface area contributed by atoms with Crippen molar-refractivity contribution >= 4 is 39.7 Å². The molecule has 0 atom stereocenters. The molecule has 0 saturated carbocycles. The molecule has 0 unspecified atom stereocenters. The Labute approximate surface area is 201 Å². The Kier molecular flexibility index (Phi) is 7.54. The number of nitrogens with zero attached hydrogens (tertiary/aromatic N) is 1. The smallest absolute Gasteiger partial charge is 0.257 e. The minimum Gasteiger partial charge on any atom is -0.494 e. The van der Waals surface area contributed by atoms with Gasteiger partial charge in [0.25, 0.3) is 11.8 Å². The average molecular weight is 479 g/mol. The van der Waals surface area contributed by atoms with E-state index in [4.69, 9.17) is 4.74 Å². The number of carbonyl (C=O) groups is 3. The monoisotopic (exact) mass is 478 g/mol. The number of anilines is 2. The molecule has 9 heteroatoms. The molecule has 8 nitrogen and oxygen atoms in total. The van der Waals surface area contributed by atoms with Gasteiger partial charge in [-0.1, -0.05) is 0 Å². The standard InChI is InChI=1S/C25H26N4O4S/c1-2-33-18-11-9-17(10-12-18)28-21(30)15-27-24(32)22-19-7-3-4-8-20(19)34-25(22)29-23(31)16-6-5-13-26-14-16/h5-6,9-14H,2-4,7-8,15H2,1H3,(H,27,32)(H,28,30)(H,29,31). The predicted octanol–water partition coefficient (Wildman–Crippen LogP) is 4.04. The number of aromatic nitrogens is 1. The van der Waals surface area contributed by atoms with E-state index in [1.165, 1.54) is 17.5 Å². The Morgan fingerprint density at radius 2 is 1.82 bits per heavy atom. The number of carbonyl (C=O) groups excluding carboxylic acids is 3. The number of hydrogen-bond acceptors (Lipinski definition) is 6. The third-order valence-electron chi connectivity index (χ3n) is 5.41. The number of thiophene rings is 1. The van der Waals surface area contributed by atoms with Gasteiger partial charge in [0.1, 0.15) is 10.8 Å². The van der Waals surface area contributed by atoms with Gasteiger partial charge in [-0.15, -0.1) is 11.3 Å². The van der Waals surface area contributed by atoms with Crippen molar-refractivity contribution in [1.82, 2.24) is 10.3 Å². The lowest BCUT2D eigenvalue weighted by molar-refractivity contribution is -0.115. The van der Waals surface area contributed by atoms with Crippen LogP contribution in [0.3, 0.4) is 0 Å². The van der Waals surface area contributed by atoms with Crippen LogP contribution in [0.15, 0.2) is 48.8 Å². The molecule has 1 aliphatic carbocycles. The van der Waals surface area contributed by atoms with Crippen LogP contribution in [-0.4, -0.2) is 35.9 Å². The summed E-state index contributed by atoms with van der Waals surface area (Å²) in [7, 11) is 0. The van der Waals surface area contributed by atoms with Gasteiger partial charge >= 0.3 is 0 Å². The largest absolute Gasteiger partial charge is 0.494 e. The number of ether oxygens (including phenoxy) is 1. The maximum atomic E-state index is 13.1. The molecular formula is C25H26N4O4S.